The van der Waals surface area contributed by atoms with E-state index in [9.17, 15) is 9.18 Å². The summed E-state index contributed by atoms with van der Waals surface area (Å²) in [7, 11) is 1.59. The van der Waals surface area contributed by atoms with Crippen LogP contribution in [0.3, 0.4) is 0 Å². The number of halogens is 1. The van der Waals surface area contributed by atoms with Gasteiger partial charge in [-0.05, 0) is 66.8 Å². The number of hydrogen-bond acceptors (Lipinski definition) is 3. The van der Waals surface area contributed by atoms with Crippen molar-refractivity contribution in [2.75, 3.05) is 33.4 Å². The number of ether oxygens (including phenoxy) is 2. The molecule has 2 fully saturated rings. The molecule has 2 atom stereocenters. The molecule has 1 amide bonds. The van der Waals surface area contributed by atoms with E-state index in [1.165, 1.54) is 18.6 Å². The summed E-state index contributed by atoms with van der Waals surface area (Å²) in [5.74, 6) is 1.72. The summed E-state index contributed by atoms with van der Waals surface area (Å²) < 4.78 is 24.9. The monoisotopic (exact) mass is 439 g/mol. The number of nitrogens with zero attached hydrogens (tertiary/aromatic N) is 1. The Bertz CT molecular complexity index is 926. The van der Waals surface area contributed by atoms with Gasteiger partial charge in [0, 0.05) is 31.9 Å². The minimum Gasteiger partial charge on any atom is -0.496 e. The van der Waals surface area contributed by atoms with Crippen LogP contribution in [-0.2, 0) is 16.0 Å². The van der Waals surface area contributed by atoms with E-state index < -0.39 is 5.41 Å². The highest BCUT2D eigenvalue weighted by atomic mass is 19.1. The number of carbonyl (C=O) groups excluding carboxylic acids is 1. The van der Waals surface area contributed by atoms with E-state index in [1.54, 1.807) is 13.2 Å². The lowest BCUT2D eigenvalue weighted by atomic mass is 9.73. The number of rotatable bonds is 5. The smallest absolute Gasteiger partial charge is 0.229 e. The van der Waals surface area contributed by atoms with E-state index in [1.807, 2.05) is 12.1 Å². The van der Waals surface area contributed by atoms with Crippen LogP contribution in [-0.4, -0.2) is 44.2 Å². The SMILES string of the molecule is COc1ccc(F)cc1-c1ccc(CC2(C(=O)N3CC(C)CC(C)C3)CCOCC2)cc1. The van der Waals surface area contributed by atoms with Crippen molar-refractivity contribution in [2.45, 2.75) is 39.5 Å². The van der Waals surface area contributed by atoms with Gasteiger partial charge in [0.05, 0.1) is 12.5 Å². The Kier molecular flexibility index (Phi) is 6.85. The van der Waals surface area contributed by atoms with Crippen molar-refractivity contribution in [3.63, 3.8) is 0 Å². The molecule has 0 spiro atoms. The average molecular weight is 440 g/mol. The van der Waals surface area contributed by atoms with Crippen molar-refractivity contribution in [3.05, 3.63) is 53.8 Å². The van der Waals surface area contributed by atoms with Crippen LogP contribution in [0.5, 0.6) is 5.75 Å². The number of hydrogen-bond donors (Lipinski definition) is 0. The zero-order chi connectivity index (χ0) is 22.7. The number of piperidine rings is 1. The van der Waals surface area contributed by atoms with Crippen LogP contribution < -0.4 is 4.74 Å². The quantitative estimate of drug-likeness (QED) is 0.631. The summed E-state index contributed by atoms with van der Waals surface area (Å²) in [5.41, 5.74) is 2.34. The molecule has 32 heavy (non-hydrogen) atoms. The van der Waals surface area contributed by atoms with Crippen LogP contribution in [0.1, 0.15) is 38.7 Å². The first-order valence-corrected chi connectivity index (χ1v) is 11.7. The Hall–Kier alpha value is -2.40. The minimum atomic E-state index is -0.410. The third-order valence-corrected chi connectivity index (χ3v) is 7.03. The molecule has 0 N–H and O–H groups in total. The number of carbonyl (C=O) groups is 1. The van der Waals surface area contributed by atoms with Gasteiger partial charge in [-0.25, -0.2) is 4.39 Å². The van der Waals surface area contributed by atoms with Crippen LogP contribution in [0.25, 0.3) is 11.1 Å². The van der Waals surface area contributed by atoms with Gasteiger partial charge >= 0.3 is 0 Å². The third kappa shape index (κ3) is 4.83. The molecule has 2 saturated heterocycles. The largest absolute Gasteiger partial charge is 0.496 e. The highest BCUT2D eigenvalue weighted by Crippen LogP contribution is 2.39. The second-order valence-electron chi connectivity index (χ2n) is 9.77. The van der Waals surface area contributed by atoms with E-state index >= 15 is 0 Å². The third-order valence-electron chi connectivity index (χ3n) is 7.03. The van der Waals surface area contributed by atoms with Crippen molar-refractivity contribution < 1.29 is 18.7 Å². The maximum atomic E-state index is 13.8. The van der Waals surface area contributed by atoms with Crippen LogP contribution in [0.4, 0.5) is 4.39 Å². The topological polar surface area (TPSA) is 38.8 Å². The van der Waals surface area contributed by atoms with E-state index in [4.69, 9.17) is 9.47 Å². The molecule has 2 unspecified atom stereocenters. The molecule has 4 rings (SSSR count). The lowest BCUT2D eigenvalue weighted by Gasteiger charge is -2.43. The first-order valence-electron chi connectivity index (χ1n) is 11.7. The molecule has 0 aliphatic carbocycles. The summed E-state index contributed by atoms with van der Waals surface area (Å²) in [4.78, 5) is 15.9. The summed E-state index contributed by atoms with van der Waals surface area (Å²) in [5, 5.41) is 0. The molecular weight excluding hydrogens is 405 g/mol. The lowest BCUT2D eigenvalue weighted by Crippen LogP contribution is -2.52. The Morgan fingerprint density at radius 3 is 2.38 bits per heavy atom. The van der Waals surface area contributed by atoms with Crippen molar-refractivity contribution in [1.29, 1.82) is 0 Å². The first-order chi connectivity index (χ1) is 15.4. The number of benzene rings is 2. The molecule has 2 heterocycles. The molecule has 4 nitrogen and oxygen atoms in total. The molecular formula is C27H34FNO3. The Morgan fingerprint density at radius 1 is 1.09 bits per heavy atom. The molecule has 172 valence electrons. The van der Waals surface area contributed by atoms with Crippen molar-refractivity contribution in [3.8, 4) is 16.9 Å². The normalized spacial score (nSPS) is 23.1. The summed E-state index contributed by atoms with van der Waals surface area (Å²) in [6.45, 7) is 7.44. The van der Waals surface area contributed by atoms with Gasteiger partial charge in [0.2, 0.25) is 5.91 Å². The number of likely N-dealkylation sites (tertiary alicyclic amines) is 1. The Labute approximate surface area is 190 Å². The zero-order valence-electron chi connectivity index (χ0n) is 19.4. The highest BCUT2D eigenvalue weighted by Gasteiger charge is 2.43. The first kappa shape index (κ1) is 22.8. The van der Waals surface area contributed by atoms with Gasteiger partial charge < -0.3 is 14.4 Å². The molecule has 2 aromatic rings. The predicted octanol–water partition coefficient (Wildman–Crippen LogP) is 5.35. The van der Waals surface area contributed by atoms with Crippen molar-refractivity contribution in [1.82, 2.24) is 4.90 Å². The van der Waals surface area contributed by atoms with E-state index in [0.717, 1.165) is 42.6 Å². The second-order valence-corrected chi connectivity index (χ2v) is 9.77. The fraction of sp³-hybridized carbons (Fsp3) is 0.519. The predicted molar refractivity (Wildman–Crippen MR) is 124 cm³/mol. The lowest BCUT2D eigenvalue weighted by molar-refractivity contribution is -0.150. The van der Waals surface area contributed by atoms with Gasteiger partial charge in [-0.2, -0.15) is 0 Å². The molecule has 2 aliphatic rings. The van der Waals surface area contributed by atoms with E-state index in [2.05, 4.69) is 30.9 Å². The summed E-state index contributed by atoms with van der Waals surface area (Å²) in [6, 6.07) is 12.7. The molecule has 5 heteroatoms. The Morgan fingerprint density at radius 2 is 1.75 bits per heavy atom. The van der Waals surface area contributed by atoms with Crippen LogP contribution >= 0.6 is 0 Å². The molecule has 0 aromatic heterocycles. The van der Waals surface area contributed by atoms with Gasteiger partial charge in [0.1, 0.15) is 11.6 Å². The maximum absolute atomic E-state index is 13.8. The fourth-order valence-corrected chi connectivity index (χ4v) is 5.49. The second kappa shape index (κ2) is 9.62. The summed E-state index contributed by atoms with van der Waals surface area (Å²) >= 11 is 0. The van der Waals surface area contributed by atoms with Crippen molar-refractivity contribution in [2.24, 2.45) is 17.3 Å². The number of amides is 1. The van der Waals surface area contributed by atoms with Crippen LogP contribution in [0, 0.1) is 23.1 Å². The van der Waals surface area contributed by atoms with Crippen LogP contribution in [0.2, 0.25) is 0 Å². The van der Waals surface area contributed by atoms with E-state index in [-0.39, 0.29) is 11.7 Å². The summed E-state index contributed by atoms with van der Waals surface area (Å²) in [6.07, 6.45) is 3.40. The highest BCUT2D eigenvalue weighted by molar-refractivity contribution is 5.83. The Balaban J connectivity index is 1.57. The molecule has 2 aliphatic heterocycles. The van der Waals surface area contributed by atoms with Gasteiger partial charge in [0.15, 0.2) is 0 Å². The number of methoxy groups -OCH3 is 1. The average Bonchev–Trinajstić information content (AvgIpc) is 2.79. The minimum absolute atomic E-state index is 0.287. The van der Waals surface area contributed by atoms with Crippen molar-refractivity contribution >= 4 is 5.91 Å². The molecule has 0 saturated carbocycles. The van der Waals surface area contributed by atoms with Gasteiger partial charge in [-0.3, -0.25) is 4.79 Å². The molecule has 0 radical (unpaired) electrons. The standard InChI is InChI=1S/C27H34FNO3/c1-19-14-20(2)18-29(17-19)26(30)27(10-12-32-13-11-27)16-21-4-6-22(7-5-21)24-15-23(28)8-9-25(24)31-3/h4-9,15,19-20H,10-14,16-18H2,1-3H3. The van der Waals surface area contributed by atoms with E-state index in [0.29, 0.717) is 37.2 Å². The van der Waals surface area contributed by atoms with Gasteiger partial charge in [-0.1, -0.05) is 38.1 Å². The van der Waals surface area contributed by atoms with Gasteiger partial charge in [-0.15, -0.1) is 0 Å². The zero-order valence-corrected chi connectivity index (χ0v) is 19.4. The van der Waals surface area contributed by atoms with Crippen LogP contribution in [0.15, 0.2) is 42.5 Å². The fourth-order valence-electron chi connectivity index (χ4n) is 5.49. The maximum Gasteiger partial charge on any atom is 0.229 e. The molecule has 0 bridgehead atoms. The molecule has 2 aromatic carbocycles. The van der Waals surface area contributed by atoms with Gasteiger partial charge in [0.25, 0.3) is 0 Å².